The average molecular weight is 456 g/mol. The Morgan fingerprint density at radius 2 is 1.73 bits per heavy atom. The minimum atomic E-state index is -0.552. The number of hydrogen-bond donors (Lipinski definition) is 1. The van der Waals surface area contributed by atoms with Gasteiger partial charge in [-0.25, -0.2) is 13.5 Å². The summed E-state index contributed by atoms with van der Waals surface area (Å²) in [6, 6.07) is 3.65. The van der Waals surface area contributed by atoms with Crippen LogP contribution in [0.4, 0.5) is 26.4 Å². The maximum atomic E-state index is 13.5. The zero-order valence-electron chi connectivity index (χ0n) is 18.9. The fraction of sp³-hybridized carbons (Fsp3) is 0.364. The van der Waals surface area contributed by atoms with E-state index in [0.29, 0.717) is 30.7 Å². The molecule has 0 bridgehead atoms. The van der Waals surface area contributed by atoms with E-state index >= 15 is 0 Å². The van der Waals surface area contributed by atoms with E-state index in [0.717, 1.165) is 37.0 Å². The molecule has 0 saturated carbocycles. The Balaban J connectivity index is 1.37. The molecule has 33 heavy (non-hydrogen) atoms. The van der Waals surface area contributed by atoms with E-state index in [1.807, 2.05) is 32.0 Å². The summed E-state index contributed by atoms with van der Waals surface area (Å²) in [4.78, 5) is 18.8. The lowest BCUT2D eigenvalue weighted by Crippen LogP contribution is -2.46. The Morgan fingerprint density at radius 1 is 1.03 bits per heavy atom. The van der Waals surface area contributed by atoms with Gasteiger partial charge in [-0.3, -0.25) is 4.90 Å². The molecule has 2 N–H and O–H groups in total. The molecule has 0 unspecified atom stereocenters. The fourth-order valence-electron chi connectivity index (χ4n) is 3.69. The van der Waals surface area contributed by atoms with Crippen molar-refractivity contribution in [2.45, 2.75) is 6.92 Å². The molecule has 9 nitrogen and oxygen atoms in total. The largest absolute Gasteiger partial charge is 0.369 e. The van der Waals surface area contributed by atoms with Crippen LogP contribution < -0.4 is 15.5 Å². The van der Waals surface area contributed by atoms with Gasteiger partial charge in [0.2, 0.25) is 11.9 Å². The zero-order valence-corrected chi connectivity index (χ0v) is 18.9. The van der Waals surface area contributed by atoms with Crippen LogP contribution in [0.5, 0.6) is 0 Å². The monoisotopic (exact) mass is 455 g/mol. The summed E-state index contributed by atoms with van der Waals surface area (Å²) in [5, 5.41) is 4.41. The van der Waals surface area contributed by atoms with E-state index in [9.17, 15) is 8.78 Å². The van der Waals surface area contributed by atoms with Crippen LogP contribution in [0, 0.1) is 18.6 Å². The van der Waals surface area contributed by atoms with Gasteiger partial charge in [0.1, 0.15) is 11.6 Å². The third-order valence-corrected chi connectivity index (χ3v) is 5.51. The van der Waals surface area contributed by atoms with Crippen molar-refractivity contribution < 1.29 is 8.78 Å². The molecule has 4 rings (SSSR count). The number of nitrogens with two attached hydrogens (primary N) is 1. The Hall–Kier alpha value is -3.60. The van der Waals surface area contributed by atoms with Crippen LogP contribution in [-0.2, 0) is 0 Å². The van der Waals surface area contributed by atoms with Crippen LogP contribution in [-0.4, -0.2) is 76.5 Å². The highest BCUT2D eigenvalue weighted by Crippen LogP contribution is 2.20. The van der Waals surface area contributed by atoms with Crippen LogP contribution in [0.3, 0.4) is 0 Å². The number of anilines is 3. The van der Waals surface area contributed by atoms with Crippen molar-refractivity contribution in [2.75, 3.05) is 62.4 Å². The van der Waals surface area contributed by atoms with E-state index in [2.05, 4.69) is 31.0 Å². The molecule has 1 aliphatic rings. The molecular weight excluding hydrogens is 428 g/mol. The number of nitrogens with zero attached hydrogens (tertiary/aromatic N) is 8. The second kappa shape index (κ2) is 9.49. The summed E-state index contributed by atoms with van der Waals surface area (Å²) < 4.78 is 28.6. The van der Waals surface area contributed by atoms with Gasteiger partial charge in [0.05, 0.1) is 11.9 Å². The summed E-state index contributed by atoms with van der Waals surface area (Å²) in [6.07, 6.45) is 5.86. The molecule has 174 valence electrons. The number of aromatic nitrogens is 5. The van der Waals surface area contributed by atoms with Crippen LogP contribution in [0.15, 0.2) is 30.5 Å². The van der Waals surface area contributed by atoms with Crippen molar-refractivity contribution in [3.63, 3.8) is 0 Å². The highest BCUT2D eigenvalue weighted by Gasteiger charge is 2.18. The van der Waals surface area contributed by atoms with Crippen LogP contribution in [0.25, 0.3) is 12.0 Å². The van der Waals surface area contributed by atoms with Gasteiger partial charge < -0.3 is 15.5 Å². The first-order valence-electron chi connectivity index (χ1n) is 10.6. The topological polar surface area (TPSA) is 92.2 Å². The predicted molar refractivity (Wildman–Crippen MR) is 124 cm³/mol. The van der Waals surface area contributed by atoms with Crippen LogP contribution in [0.2, 0.25) is 0 Å². The SMILES string of the molecule is Cc1c(/C=C/CN2CCN(c3cc(F)cc(F)c3)CC2)cnn1-c1nc(N)nc(N(C)C)n1. The molecule has 1 saturated heterocycles. The van der Waals surface area contributed by atoms with Gasteiger partial charge in [0.15, 0.2) is 0 Å². The molecule has 2 aromatic heterocycles. The molecule has 3 aromatic rings. The van der Waals surface area contributed by atoms with E-state index in [1.165, 1.54) is 12.1 Å². The number of rotatable bonds is 6. The molecule has 1 aliphatic heterocycles. The van der Waals surface area contributed by atoms with Crippen molar-refractivity contribution in [1.29, 1.82) is 0 Å². The Kier molecular flexibility index (Phi) is 6.50. The van der Waals surface area contributed by atoms with Crippen molar-refractivity contribution in [2.24, 2.45) is 0 Å². The van der Waals surface area contributed by atoms with Gasteiger partial charge in [-0.2, -0.15) is 20.1 Å². The normalized spacial score (nSPS) is 14.9. The highest BCUT2D eigenvalue weighted by molar-refractivity contribution is 5.52. The second-order valence-corrected chi connectivity index (χ2v) is 8.10. The maximum absolute atomic E-state index is 13.5. The van der Waals surface area contributed by atoms with Crippen LogP contribution in [0.1, 0.15) is 11.3 Å². The summed E-state index contributed by atoms with van der Waals surface area (Å²) in [7, 11) is 3.66. The Labute approximate surface area is 191 Å². The lowest BCUT2D eigenvalue weighted by atomic mass is 10.2. The third kappa shape index (κ3) is 5.25. The molecule has 0 radical (unpaired) electrons. The predicted octanol–water partition coefficient (Wildman–Crippen LogP) is 2.13. The van der Waals surface area contributed by atoms with E-state index < -0.39 is 11.6 Å². The second-order valence-electron chi connectivity index (χ2n) is 8.10. The quantitative estimate of drug-likeness (QED) is 0.605. The van der Waals surface area contributed by atoms with Crippen molar-refractivity contribution in [3.05, 3.63) is 53.4 Å². The molecule has 1 aromatic carbocycles. The Bertz CT molecular complexity index is 1130. The van der Waals surface area contributed by atoms with Crippen molar-refractivity contribution in [1.82, 2.24) is 29.6 Å². The van der Waals surface area contributed by atoms with Crippen molar-refractivity contribution >= 4 is 23.7 Å². The van der Waals surface area contributed by atoms with Gasteiger partial charge in [0.25, 0.3) is 5.95 Å². The smallest absolute Gasteiger partial charge is 0.257 e. The summed E-state index contributed by atoms with van der Waals surface area (Å²) >= 11 is 0. The lowest BCUT2D eigenvalue weighted by Gasteiger charge is -2.35. The maximum Gasteiger partial charge on any atom is 0.257 e. The van der Waals surface area contributed by atoms with E-state index in [4.69, 9.17) is 5.73 Å². The molecular formula is C22H27F2N9. The standard InChI is InChI=1S/C22H27F2N9/c1-15-16(14-26-33(15)22-28-20(25)27-21(29-22)30(2)3)5-4-6-31-7-9-32(10-8-31)19-12-17(23)11-18(24)13-19/h4-5,11-14H,6-10H2,1-3H3,(H2,25,27,28,29)/b5-4+. The van der Waals surface area contributed by atoms with Gasteiger partial charge >= 0.3 is 0 Å². The molecule has 0 aliphatic carbocycles. The Morgan fingerprint density at radius 3 is 2.39 bits per heavy atom. The molecule has 0 amide bonds. The van der Waals surface area contributed by atoms with Gasteiger partial charge in [0, 0.05) is 64.1 Å². The first-order chi connectivity index (χ1) is 15.8. The summed E-state index contributed by atoms with van der Waals surface area (Å²) in [5.41, 5.74) is 8.25. The summed E-state index contributed by atoms with van der Waals surface area (Å²) in [6.45, 7) is 5.74. The number of nitrogen functional groups attached to an aromatic ring is 1. The third-order valence-electron chi connectivity index (χ3n) is 5.51. The zero-order chi connectivity index (χ0) is 23.5. The van der Waals surface area contributed by atoms with Crippen LogP contribution >= 0.6 is 0 Å². The molecule has 1 fully saturated rings. The lowest BCUT2D eigenvalue weighted by molar-refractivity contribution is 0.284. The average Bonchev–Trinajstić information content (AvgIpc) is 3.13. The van der Waals surface area contributed by atoms with Crippen molar-refractivity contribution in [3.8, 4) is 5.95 Å². The first-order valence-corrected chi connectivity index (χ1v) is 10.6. The van der Waals surface area contributed by atoms with Gasteiger partial charge in [-0.1, -0.05) is 12.2 Å². The molecule has 0 spiro atoms. The number of hydrogen-bond acceptors (Lipinski definition) is 8. The number of benzene rings is 1. The highest BCUT2D eigenvalue weighted by atomic mass is 19.1. The number of piperazine rings is 1. The van der Waals surface area contributed by atoms with E-state index in [-0.39, 0.29) is 5.95 Å². The molecule has 11 heteroatoms. The first kappa shape index (κ1) is 22.6. The van der Waals surface area contributed by atoms with E-state index in [1.54, 1.807) is 15.8 Å². The minimum Gasteiger partial charge on any atom is -0.369 e. The summed E-state index contributed by atoms with van der Waals surface area (Å²) in [5.74, 6) is -0.137. The van der Waals surface area contributed by atoms with Gasteiger partial charge in [-0.05, 0) is 19.1 Å². The van der Waals surface area contributed by atoms with Gasteiger partial charge in [-0.15, -0.1) is 0 Å². The molecule has 3 heterocycles. The minimum absolute atomic E-state index is 0.135. The fourth-order valence-corrected chi connectivity index (χ4v) is 3.69. The molecule has 0 atom stereocenters. The number of halogens is 2.